The summed E-state index contributed by atoms with van der Waals surface area (Å²) in [7, 11) is 3.71. The quantitative estimate of drug-likeness (QED) is 0.452. The third kappa shape index (κ3) is 5.26. The van der Waals surface area contributed by atoms with Crippen LogP contribution >= 0.6 is 6.64 Å². The molecular weight excluding hydrogens is 257 g/mol. The second-order valence-corrected chi connectivity index (χ2v) is 6.33. The van der Waals surface area contributed by atoms with Crippen LogP contribution in [0.1, 0.15) is 6.92 Å². The van der Waals surface area contributed by atoms with E-state index in [2.05, 4.69) is 9.75 Å². The van der Waals surface area contributed by atoms with Crippen LogP contribution in [0.15, 0.2) is 29.2 Å². The first-order valence-electron chi connectivity index (χ1n) is 5.13. The Balaban J connectivity index is 2.82. The Bertz CT molecular complexity index is 411. The molecule has 0 aliphatic heterocycles. The predicted octanol–water partition coefficient (Wildman–Crippen LogP) is 2.31. The Morgan fingerprint density at radius 1 is 1.53 bits per heavy atom. The van der Waals surface area contributed by atoms with Crippen LogP contribution in [-0.2, 0) is 16.3 Å². The van der Waals surface area contributed by atoms with Gasteiger partial charge in [-0.25, -0.2) is 4.98 Å². The average Bonchev–Trinajstić information content (AvgIpc) is 2.28. The molecule has 1 aromatic rings. The molecular formula is C10H16N3O2PS. The second-order valence-electron chi connectivity index (χ2n) is 3.34. The van der Waals surface area contributed by atoms with Crippen molar-refractivity contribution in [2.24, 2.45) is 4.76 Å². The summed E-state index contributed by atoms with van der Waals surface area (Å²) in [4.78, 5) is 5.82. The molecule has 0 aliphatic rings. The van der Waals surface area contributed by atoms with E-state index in [1.807, 2.05) is 27.1 Å². The molecule has 0 radical (unpaired) electrons. The molecule has 5 nitrogen and oxygen atoms in total. The van der Waals surface area contributed by atoms with Crippen molar-refractivity contribution in [1.82, 2.24) is 9.88 Å². The minimum atomic E-state index is -2.70. The fourth-order valence-electron chi connectivity index (χ4n) is 0.932. The van der Waals surface area contributed by atoms with Crippen molar-refractivity contribution < 1.29 is 9.05 Å². The highest BCUT2D eigenvalue weighted by Crippen LogP contribution is 2.49. The molecule has 0 bridgehead atoms. The highest BCUT2D eigenvalue weighted by molar-refractivity contribution is 8.09. The Kier molecular flexibility index (Phi) is 5.55. The van der Waals surface area contributed by atoms with Crippen molar-refractivity contribution in [3.63, 3.8) is 0 Å². The van der Waals surface area contributed by atoms with Gasteiger partial charge in [0.2, 0.25) is 5.88 Å². The lowest BCUT2D eigenvalue weighted by Crippen LogP contribution is -2.08. The summed E-state index contributed by atoms with van der Waals surface area (Å²) in [5.74, 6) is 0.431. The van der Waals surface area contributed by atoms with Gasteiger partial charge >= 0.3 is 6.64 Å². The lowest BCUT2D eigenvalue weighted by atomic mass is 10.5. The molecule has 7 heteroatoms. The fraction of sp³-hybridized carbons (Fsp3) is 0.400. The molecule has 1 rings (SSSR count). The Labute approximate surface area is 107 Å². The number of hydrogen-bond acceptors (Lipinski definition) is 4. The fourth-order valence-corrected chi connectivity index (χ4v) is 2.77. The van der Waals surface area contributed by atoms with Gasteiger partial charge in [0.15, 0.2) is 0 Å². The molecule has 94 valence electrons. The lowest BCUT2D eigenvalue weighted by molar-refractivity contribution is 0.329. The van der Waals surface area contributed by atoms with Crippen LogP contribution in [0, 0.1) is 0 Å². The molecule has 1 unspecified atom stereocenters. The van der Waals surface area contributed by atoms with Crippen molar-refractivity contribution in [2.45, 2.75) is 6.92 Å². The Hall–Kier alpha value is -0.970. The topological polar surface area (TPSA) is 47.0 Å². The molecule has 17 heavy (non-hydrogen) atoms. The molecule has 1 heterocycles. The zero-order chi connectivity index (χ0) is 12.7. The normalized spacial score (nSPS) is 14.5. The van der Waals surface area contributed by atoms with E-state index in [4.69, 9.17) is 20.9 Å². The number of rotatable bonds is 6. The maximum atomic E-state index is 5.56. The van der Waals surface area contributed by atoms with Gasteiger partial charge in [-0.2, -0.15) is 4.76 Å². The number of pyridine rings is 1. The molecule has 0 fully saturated rings. The minimum absolute atomic E-state index is 0.431. The molecule has 0 saturated heterocycles. The van der Waals surface area contributed by atoms with E-state index in [1.54, 1.807) is 29.6 Å². The summed E-state index contributed by atoms with van der Waals surface area (Å²) in [5.41, 5.74) is 0. The van der Waals surface area contributed by atoms with E-state index in [-0.39, 0.29) is 0 Å². The largest absolute Gasteiger partial charge is 0.409 e. The van der Waals surface area contributed by atoms with E-state index < -0.39 is 6.64 Å². The van der Waals surface area contributed by atoms with Crippen LogP contribution in [0.5, 0.6) is 5.88 Å². The summed E-state index contributed by atoms with van der Waals surface area (Å²) in [5, 5.41) is 0. The van der Waals surface area contributed by atoms with Gasteiger partial charge in [-0.05, 0) is 13.0 Å². The van der Waals surface area contributed by atoms with Gasteiger partial charge in [-0.15, -0.1) is 0 Å². The van der Waals surface area contributed by atoms with Crippen LogP contribution in [0.25, 0.3) is 0 Å². The van der Waals surface area contributed by atoms with Crippen LogP contribution in [0.3, 0.4) is 0 Å². The maximum Gasteiger partial charge on any atom is 0.363 e. The third-order valence-electron chi connectivity index (χ3n) is 1.56. The Morgan fingerprint density at radius 2 is 2.29 bits per heavy atom. The first-order chi connectivity index (χ1) is 8.06. The van der Waals surface area contributed by atoms with Gasteiger partial charge in [0.25, 0.3) is 0 Å². The van der Waals surface area contributed by atoms with Crippen LogP contribution in [0.2, 0.25) is 0 Å². The van der Waals surface area contributed by atoms with Gasteiger partial charge in [0.1, 0.15) is 0 Å². The molecule has 0 saturated carbocycles. The smallest absolute Gasteiger partial charge is 0.363 e. The zero-order valence-electron chi connectivity index (χ0n) is 10.1. The molecule has 0 N–H and O–H groups in total. The SMILES string of the molecule is CCOP(=S)(N=CN(C)C)Oc1ccccn1. The maximum absolute atomic E-state index is 5.56. The summed E-state index contributed by atoms with van der Waals surface area (Å²) >= 11 is 5.30. The minimum Gasteiger partial charge on any atom is -0.409 e. The van der Waals surface area contributed by atoms with E-state index in [0.29, 0.717) is 12.5 Å². The van der Waals surface area contributed by atoms with E-state index in [0.717, 1.165) is 0 Å². The molecule has 0 aliphatic carbocycles. The van der Waals surface area contributed by atoms with Crippen LogP contribution in [0.4, 0.5) is 0 Å². The Morgan fingerprint density at radius 3 is 2.82 bits per heavy atom. The first kappa shape index (κ1) is 14.1. The third-order valence-corrected chi connectivity index (χ3v) is 3.77. The van der Waals surface area contributed by atoms with Gasteiger partial charge in [0, 0.05) is 38.2 Å². The lowest BCUT2D eigenvalue weighted by Gasteiger charge is -2.17. The zero-order valence-corrected chi connectivity index (χ0v) is 11.8. The summed E-state index contributed by atoms with van der Waals surface area (Å²) < 4.78 is 15.2. The van der Waals surface area contributed by atoms with E-state index >= 15 is 0 Å². The second kappa shape index (κ2) is 6.69. The number of aromatic nitrogens is 1. The average molecular weight is 273 g/mol. The van der Waals surface area contributed by atoms with Crippen LogP contribution < -0.4 is 4.52 Å². The van der Waals surface area contributed by atoms with Gasteiger partial charge in [0.05, 0.1) is 12.9 Å². The van der Waals surface area contributed by atoms with Crippen molar-refractivity contribution >= 4 is 24.8 Å². The molecule has 0 spiro atoms. The van der Waals surface area contributed by atoms with Gasteiger partial charge < -0.3 is 13.9 Å². The number of hydrogen-bond donors (Lipinski definition) is 0. The van der Waals surface area contributed by atoms with Crippen molar-refractivity contribution in [1.29, 1.82) is 0 Å². The van der Waals surface area contributed by atoms with Gasteiger partial charge in [-0.1, -0.05) is 6.07 Å². The van der Waals surface area contributed by atoms with E-state index in [9.17, 15) is 0 Å². The number of nitrogens with zero attached hydrogens (tertiary/aromatic N) is 3. The highest BCUT2D eigenvalue weighted by Gasteiger charge is 2.19. The van der Waals surface area contributed by atoms with Crippen molar-refractivity contribution in [3.05, 3.63) is 24.4 Å². The first-order valence-corrected chi connectivity index (χ1v) is 7.72. The highest BCUT2D eigenvalue weighted by atomic mass is 32.5. The molecule has 0 amide bonds. The summed E-state index contributed by atoms with van der Waals surface area (Å²) in [6, 6.07) is 5.36. The monoisotopic (exact) mass is 273 g/mol. The van der Waals surface area contributed by atoms with E-state index in [1.165, 1.54) is 0 Å². The standard InChI is InChI=1S/C10H16N3O2PS/c1-4-14-16(17,12-9-13(2)3)15-10-7-5-6-8-11-10/h5-9H,4H2,1-3H3. The van der Waals surface area contributed by atoms with Gasteiger partial charge in [-0.3, -0.25) is 0 Å². The van der Waals surface area contributed by atoms with Crippen molar-refractivity contribution in [3.8, 4) is 5.88 Å². The predicted molar refractivity (Wildman–Crippen MR) is 73.0 cm³/mol. The van der Waals surface area contributed by atoms with Crippen molar-refractivity contribution in [2.75, 3.05) is 20.7 Å². The van der Waals surface area contributed by atoms with Crippen LogP contribution in [-0.4, -0.2) is 36.9 Å². The molecule has 1 atom stereocenters. The molecule has 0 aromatic carbocycles. The summed E-state index contributed by atoms with van der Waals surface area (Å²) in [6.45, 7) is -0.388. The summed E-state index contributed by atoms with van der Waals surface area (Å²) in [6.07, 6.45) is 3.23. The molecule has 1 aromatic heterocycles.